The predicted octanol–water partition coefficient (Wildman–Crippen LogP) is 2.18. The maximum absolute atomic E-state index is 11.4. The van der Waals surface area contributed by atoms with Gasteiger partial charge in [-0.05, 0) is 24.3 Å². The number of carboxylic acids is 1. The Bertz CT molecular complexity index is 650. The maximum Gasteiger partial charge on any atom is 0.335 e. The van der Waals surface area contributed by atoms with Crippen LogP contribution >= 0.6 is 11.8 Å². The molecule has 19 heavy (non-hydrogen) atoms. The Morgan fingerprint density at radius 2 is 2.05 bits per heavy atom. The molecule has 2 aromatic rings. The second-order valence-corrected chi connectivity index (χ2v) is 4.91. The van der Waals surface area contributed by atoms with E-state index in [-0.39, 0.29) is 11.1 Å². The summed E-state index contributed by atoms with van der Waals surface area (Å²) >= 11 is 1.33. The van der Waals surface area contributed by atoms with Gasteiger partial charge in [-0.15, -0.1) is 0 Å². The van der Waals surface area contributed by atoms with Crippen molar-refractivity contribution in [1.82, 2.24) is 9.97 Å². The molecule has 0 aliphatic rings. The van der Waals surface area contributed by atoms with Crippen LogP contribution in [0.1, 0.15) is 23.1 Å². The average Bonchev–Trinajstić information content (AvgIpc) is 2.38. The molecule has 2 N–H and O–H groups in total. The van der Waals surface area contributed by atoms with E-state index >= 15 is 0 Å². The van der Waals surface area contributed by atoms with Gasteiger partial charge in [-0.2, -0.15) is 0 Å². The molecular formula is C13H12N2O3S. The first-order valence-electron chi connectivity index (χ1n) is 5.70. The number of aryl methyl sites for hydroxylation is 1. The third-order valence-electron chi connectivity index (χ3n) is 2.43. The largest absolute Gasteiger partial charge is 0.478 e. The summed E-state index contributed by atoms with van der Waals surface area (Å²) in [4.78, 5) is 29.9. The van der Waals surface area contributed by atoms with Crippen molar-refractivity contribution < 1.29 is 9.90 Å². The topological polar surface area (TPSA) is 83.0 Å². The summed E-state index contributed by atoms with van der Waals surface area (Å²) in [5, 5.41) is 9.41. The number of nitrogens with one attached hydrogen (secondary N) is 1. The number of hydrogen-bond donors (Lipinski definition) is 2. The molecule has 6 heteroatoms. The Hall–Kier alpha value is -2.08. The third-order valence-corrected chi connectivity index (χ3v) is 3.35. The number of hydrogen-bond acceptors (Lipinski definition) is 4. The highest BCUT2D eigenvalue weighted by atomic mass is 32.2. The number of carbonyl (C=O) groups is 1. The number of nitrogens with zero attached hydrogens (tertiary/aromatic N) is 1. The van der Waals surface area contributed by atoms with E-state index in [1.165, 1.54) is 30.0 Å². The molecule has 0 aliphatic heterocycles. The van der Waals surface area contributed by atoms with Crippen LogP contribution in [0, 0.1) is 0 Å². The van der Waals surface area contributed by atoms with Crippen LogP contribution in [0.2, 0.25) is 0 Å². The molecular weight excluding hydrogens is 264 g/mol. The Morgan fingerprint density at radius 1 is 1.37 bits per heavy atom. The minimum absolute atomic E-state index is 0.184. The maximum atomic E-state index is 11.4. The number of benzene rings is 1. The first-order valence-corrected chi connectivity index (χ1v) is 6.51. The number of aromatic carboxylic acids is 1. The zero-order valence-corrected chi connectivity index (χ0v) is 11.0. The summed E-state index contributed by atoms with van der Waals surface area (Å²) < 4.78 is 0. The standard InChI is InChI=1S/C13H12N2O3S/c1-2-10-14-11(16)7-12(15-10)19-9-5-3-8(4-6-9)13(17)18/h3-7H,2H2,1H3,(H,17,18)(H,14,15,16). The van der Waals surface area contributed by atoms with Gasteiger partial charge in [0.05, 0.1) is 5.56 Å². The molecule has 2 rings (SSSR count). The van der Waals surface area contributed by atoms with E-state index in [1.807, 2.05) is 6.92 Å². The van der Waals surface area contributed by atoms with Gasteiger partial charge in [-0.1, -0.05) is 18.7 Å². The fourth-order valence-electron chi connectivity index (χ4n) is 1.49. The van der Waals surface area contributed by atoms with Crippen molar-refractivity contribution in [2.24, 2.45) is 0 Å². The fourth-order valence-corrected chi connectivity index (χ4v) is 2.33. The molecule has 0 amide bonds. The highest BCUT2D eigenvalue weighted by Gasteiger charge is 2.05. The lowest BCUT2D eigenvalue weighted by Gasteiger charge is -2.03. The molecule has 98 valence electrons. The molecule has 0 unspecified atom stereocenters. The summed E-state index contributed by atoms with van der Waals surface area (Å²) in [5.74, 6) is -0.323. The van der Waals surface area contributed by atoms with Gasteiger partial charge in [0.2, 0.25) is 0 Å². The normalized spacial score (nSPS) is 10.4. The molecule has 0 saturated heterocycles. The predicted molar refractivity (Wildman–Crippen MR) is 71.8 cm³/mol. The van der Waals surface area contributed by atoms with Crippen molar-refractivity contribution in [1.29, 1.82) is 0 Å². The van der Waals surface area contributed by atoms with Crippen LogP contribution in [-0.2, 0) is 6.42 Å². The molecule has 1 aromatic heterocycles. The molecule has 0 fully saturated rings. The van der Waals surface area contributed by atoms with Crippen LogP contribution in [-0.4, -0.2) is 21.0 Å². The summed E-state index contributed by atoms with van der Waals surface area (Å²) in [5.41, 5.74) is 0.0500. The van der Waals surface area contributed by atoms with Crippen molar-refractivity contribution in [3.8, 4) is 0 Å². The highest BCUT2D eigenvalue weighted by Crippen LogP contribution is 2.25. The van der Waals surface area contributed by atoms with Gasteiger partial charge in [0.1, 0.15) is 10.9 Å². The number of aromatic amines is 1. The minimum Gasteiger partial charge on any atom is -0.478 e. The van der Waals surface area contributed by atoms with Gasteiger partial charge in [0.15, 0.2) is 0 Å². The number of carboxylic acid groups (broad SMARTS) is 1. The lowest BCUT2D eigenvalue weighted by Crippen LogP contribution is -2.09. The molecule has 1 heterocycles. The number of H-pyrrole nitrogens is 1. The van der Waals surface area contributed by atoms with E-state index in [1.54, 1.807) is 12.1 Å². The van der Waals surface area contributed by atoms with Crippen LogP contribution < -0.4 is 5.56 Å². The monoisotopic (exact) mass is 276 g/mol. The molecule has 5 nitrogen and oxygen atoms in total. The van der Waals surface area contributed by atoms with Crippen molar-refractivity contribution in [3.05, 3.63) is 52.1 Å². The average molecular weight is 276 g/mol. The Balaban J connectivity index is 2.23. The first kappa shape index (κ1) is 13.4. The second-order valence-electron chi connectivity index (χ2n) is 3.82. The van der Waals surface area contributed by atoms with Crippen LogP contribution in [0.3, 0.4) is 0 Å². The van der Waals surface area contributed by atoms with Crippen molar-refractivity contribution in [2.45, 2.75) is 23.3 Å². The molecule has 1 aromatic carbocycles. The Morgan fingerprint density at radius 3 is 2.63 bits per heavy atom. The summed E-state index contributed by atoms with van der Waals surface area (Å²) in [6, 6.07) is 7.87. The van der Waals surface area contributed by atoms with E-state index < -0.39 is 5.97 Å². The van der Waals surface area contributed by atoms with Crippen molar-refractivity contribution in [3.63, 3.8) is 0 Å². The molecule has 0 radical (unpaired) electrons. The van der Waals surface area contributed by atoms with Gasteiger partial charge in [-0.25, -0.2) is 9.78 Å². The zero-order valence-electron chi connectivity index (χ0n) is 10.2. The van der Waals surface area contributed by atoms with E-state index in [9.17, 15) is 9.59 Å². The first-order chi connectivity index (χ1) is 9.08. The van der Waals surface area contributed by atoms with Gasteiger partial charge >= 0.3 is 5.97 Å². The molecule has 0 aliphatic carbocycles. The van der Waals surface area contributed by atoms with Crippen molar-refractivity contribution >= 4 is 17.7 Å². The van der Waals surface area contributed by atoms with Crippen molar-refractivity contribution in [2.75, 3.05) is 0 Å². The molecule has 0 spiro atoms. The van der Waals surface area contributed by atoms with E-state index in [0.717, 1.165) is 4.90 Å². The Labute approximate surface area is 113 Å². The molecule has 0 bridgehead atoms. The summed E-state index contributed by atoms with van der Waals surface area (Å²) in [6.07, 6.45) is 0.654. The number of rotatable bonds is 4. The SMILES string of the molecule is CCc1nc(Sc2ccc(C(=O)O)cc2)cc(=O)[nH]1. The minimum atomic E-state index is -0.959. The lowest BCUT2D eigenvalue weighted by atomic mass is 10.2. The van der Waals surface area contributed by atoms with Crippen LogP contribution in [0.5, 0.6) is 0 Å². The quantitative estimate of drug-likeness (QED) is 0.836. The van der Waals surface area contributed by atoms with Crippen LogP contribution in [0.15, 0.2) is 45.0 Å². The summed E-state index contributed by atoms with van der Waals surface area (Å²) in [7, 11) is 0. The smallest absolute Gasteiger partial charge is 0.335 e. The lowest BCUT2D eigenvalue weighted by molar-refractivity contribution is 0.0697. The molecule has 0 saturated carbocycles. The summed E-state index contributed by atoms with van der Waals surface area (Å²) in [6.45, 7) is 1.91. The van der Waals surface area contributed by atoms with Gasteiger partial charge < -0.3 is 10.1 Å². The van der Waals surface area contributed by atoms with Crippen LogP contribution in [0.4, 0.5) is 0 Å². The van der Waals surface area contributed by atoms with E-state index in [0.29, 0.717) is 17.3 Å². The number of aromatic nitrogens is 2. The van der Waals surface area contributed by atoms with Gasteiger partial charge in [0.25, 0.3) is 5.56 Å². The van der Waals surface area contributed by atoms with Gasteiger partial charge in [0, 0.05) is 17.4 Å². The third kappa shape index (κ3) is 3.45. The fraction of sp³-hybridized carbons (Fsp3) is 0.154. The van der Waals surface area contributed by atoms with E-state index in [4.69, 9.17) is 5.11 Å². The highest BCUT2D eigenvalue weighted by molar-refractivity contribution is 7.99. The van der Waals surface area contributed by atoms with Gasteiger partial charge in [-0.3, -0.25) is 4.79 Å². The van der Waals surface area contributed by atoms with Crippen LogP contribution in [0.25, 0.3) is 0 Å². The van der Waals surface area contributed by atoms with E-state index in [2.05, 4.69) is 9.97 Å². The second kappa shape index (κ2) is 5.71. The zero-order chi connectivity index (χ0) is 13.8. The Kier molecular flexibility index (Phi) is 4.01. The molecule has 0 atom stereocenters.